The topological polar surface area (TPSA) is 68.6 Å². The number of thiophene rings is 1. The molecule has 0 bridgehead atoms. The van der Waals surface area contributed by atoms with Gasteiger partial charge in [-0.25, -0.2) is 4.79 Å². The second-order valence-corrected chi connectivity index (χ2v) is 9.28. The van der Waals surface area contributed by atoms with Crippen molar-refractivity contribution in [3.63, 3.8) is 0 Å². The Morgan fingerprint density at radius 1 is 1.00 bits per heavy atom. The van der Waals surface area contributed by atoms with Gasteiger partial charge in [0, 0.05) is 24.5 Å². The number of para-hydroxylation sites is 1. The predicted molar refractivity (Wildman–Crippen MR) is 132 cm³/mol. The summed E-state index contributed by atoms with van der Waals surface area (Å²) < 4.78 is 7.50. The number of ketones is 1. The molecule has 2 aromatic carbocycles. The first-order valence-corrected chi connectivity index (χ1v) is 12.1. The molecule has 1 saturated heterocycles. The van der Waals surface area contributed by atoms with Crippen molar-refractivity contribution in [2.75, 3.05) is 13.2 Å². The average molecular weight is 473 g/mol. The first kappa shape index (κ1) is 22.1. The summed E-state index contributed by atoms with van der Waals surface area (Å²) in [5.74, 6) is -0.961. The van der Waals surface area contributed by atoms with E-state index in [-0.39, 0.29) is 18.3 Å². The lowest BCUT2D eigenvalue weighted by Crippen LogP contribution is -2.41. The van der Waals surface area contributed by atoms with Crippen LogP contribution in [0.25, 0.3) is 22.2 Å². The minimum Gasteiger partial charge on any atom is -0.456 e. The maximum atomic E-state index is 13.4. The fourth-order valence-corrected chi connectivity index (χ4v) is 5.39. The Bertz CT molecular complexity index is 1360. The van der Waals surface area contributed by atoms with E-state index in [2.05, 4.69) is 0 Å². The van der Waals surface area contributed by atoms with E-state index in [9.17, 15) is 14.4 Å². The first-order chi connectivity index (χ1) is 16.6. The first-order valence-electron chi connectivity index (χ1n) is 11.2. The van der Waals surface area contributed by atoms with Gasteiger partial charge in [-0.15, -0.1) is 11.3 Å². The number of esters is 1. The highest BCUT2D eigenvalue weighted by molar-refractivity contribution is 7.12. The van der Waals surface area contributed by atoms with Gasteiger partial charge < -0.3 is 14.2 Å². The number of aryl methyl sites for hydroxylation is 1. The van der Waals surface area contributed by atoms with Crippen molar-refractivity contribution in [3.8, 4) is 11.3 Å². The van der Waals surface area contributed by atoms with Crippen molar-refractivity contribution in [3.05, 3.63) is 82.6 Å². The van der Waals surface area contributed by atoms with Gasteiger partial charge in [0.1, 0.15) is 6.04 Å². The summed E-state index contributed by atoms with van der Waals surface area (Å²) in [5, 5.41) is 2.66. The normalized spacial score (nSPS) is 15.6. The van der Waals surface area contributed by atoms with Gasteiger partial charge in [0.2, 0.25) is 5.78 Å². The molecule has 172 valence electrons. The monoisotopic (exact) mass is 472 g/mol. The van der Waals surface area contributed by atoms with Gasteiger partial charge >= 0.3 is 5.97 Å². The molecule has 1 aliphatic heterocycles. The summed E-state index contributed by atoms with van der Waals surface area (Å²) in [6.45, 7) is 0.135. The molecule has 0 radical (unpaired) electrons. The molecule has 0 unspecified atom stereocenters. The molecular weight excluding hydrogens is 448 g/mol. The summed E-state index contributed by atoms with van der Waals surface area (Å²) in [4.78, 5) is 41.3. The van der Waals surface area contributed by atoms with Crippen LogP contribution in [0.15, 0.2) is 72.1 Å². The van der Waals surface area contributed by atoms with Crippen LogP contribution in [0.3, 0.4) is 0 Å². The van der Waals surface area contributed by atoms with Crippen LogP contribution < -0.4 is 0 Å². The van der Waals surface area contributed by atoms with Gasteiger partial charge in [-0.1, -0.05) is 54.6 Å². The lowest BCUT2D eigenvalue weighted by atomic mass is 10.0. The van der Waals surface area contributed by atoms with E-state index in [0.717, 1.165) is 28.6 Å². The van der Waals surface area contributed by atoms with E-state index in [4.69, 9.17) is 4.74 Å². The number of rotatable bonds is 6. The van der Waals surface area contributed by atoms with Gasteiger partial charge in [-0.2, -0.15) is 0 Å². The van der Waals surface area contributed by atoms with Gasteiger partial charge in [-0.3, -0.25) is 9.59 Å². The number of benzene rings is 2. The zero-order valence-corrected chi connectivity index (χ0v) is 19.6. The Morgan fingerprint density at radius 2 is 1.76 bits per heavy atom. The molecule has 0 saturated carbocycles. The Hall–Kier alpha value is -3.71. The Kier molecular flexibility index (Phi) is 6.02. The number of ether oxygens (including phenoxy) is 1. The van der Waals surface area contributed by atoms with Crippen LogP contribution in [-0.2, 0) is 16.6 Å². The number of hydrogen-bond acceptors (Lipinski definition) is 5. The SMILES string of the molecule is Cn1c(-c2ccccc2)c(C(=O)COC(=O)[C@H]2CCCN2C(=O)c2cccs2)c2ccccc21. The Balaban J connectivity index is 1.38. The van der Waals surface area contributed by atoms with Gasteiger partial charge in [0.05, 0.1) is 16.1 Å². The molecule has 1 fully saturated rings. The minimum atomic E-state index is -0.663. The van der Waals surface area contributed by atoms with Crippen molar-refractivity contribution in [1.82, 2.24) is 9.47 Å². The highest BCUT2D eigenvalue weighted by atomic mass is 32.1. The zero-order chi connectivity index (χ0) is 23.7. The van der Waals surface area contributed by atoms with Crippen LogP contribution >= 0.6 is 11.3 Å². The summed E-state index contributed by atoms with van der Waals surface area (Å²) in [6.07, 6.45) is 1.26. The summed E-state index contributed by atoms with van der Waals surface area (Å²) in [5.41, 5.74) is 3.17. The molecule has 34 heavy (non-hydrogen) atoms. The van der Waals surface area contributed by atoms with Crippen LogP contribution in [0, 0.1) is 0 Å². The quantitative estimate of drug-likeness (QED) is 0.295. The number of aromatic nitrogens is 1. The second-order valence-electron chi connectivity index (χ2n) is 8.33. The third kappa shape index (κ3) is 3.92. The van der Waals surface area contributed by atoms with E-state index >= 15 is 0 Å². The largest absolute Gasteiger partial charge is 0.456 e. The van der Waals surface area contributed by atoms with Crippen LogP contribution in [0.2, 0.25) is 0 Å². The number of fused-ring (bicyclic) bond motifs is 1. The molecule has 7 heteroatoms. The number of nitrogens with zero attached hydrogens (tertiary/aromatic N) is 2. The molecule has 1 atom stereocenters. The van der Waals surface area contributed by atoms with E-state index in [1.54, 1.807) is 11.0 Å². The fraction of sp³-hybridized carbons (Fsp3) is 0.222. The molecule has 1 aliphatic rings. The van der Waals surface area contributed by atoms with E-state index in [1.807, 2.05) is 77.7 Å². The number of amides is 1. The second kappa shape index (κ2) is 9.27. The standard InChI is InChI=1S/C27H24N2O4S/c1-28-20-12-6-5-11-19(20)24(25(28)18-9-3-2-4-10-18)22(30)17-33-27(32)21-13-7-15-29(21)26(31)23-14-8-16-34-23/h2-6,8-12,14,16,21H,7,13,15,17H2,1H3/t21-/m1/s1. The van der Waals surface area contributed by atoms with Crippen LogP contribution in [0.5, 0.6) is 0 Å². The highest BCUT2D eigenvalue weighted by Crippen LogP contribution is 2.33. The Labute approximate surface area is 201 Å². The average Bonchev–Trinajstić information content (AvgIpc) is 3.62. The van der Waals surface area contributed by atoms with Crippen molar-refractivity contribution < 1.29 is 19.1 Å². The number of carbonyl (C=O) groups is 3. The maximum absolute atomic E-state index is 13.4. The smallest absolute Gasteiger partial charge is 0.329 e. The number of likely N-dealkylation sites (tertiary alicyclic amines) is 1. The minimum absolute atomic E-state index is 0.166. The third-order valence-electron chi connectivity index (χ3n) is 6.30. The lowest BCUT2D eigenvalue weighted by molar-refractivity contribution is -0.147. The zero-order valence-electron chi connectivity index (χ0n) is 18.8. The van der Waals surface area contributed by atoms with Crippen LogP contribution in [0.4, 0.5) is 0 Å². The molecule has 0 aliphatic carbocycles. The van der Waals surface area contributed by atoms with E-state index in [0.29, 0.717) is 23.4 Å². The third-order valence-corrected chi connectivity index (χ3v) is 7.15. The molecular formula is C27H24N2O4S. The molecule has 3 heterocycles. The van der Waals surface area contributed by atoms with Gasteiger partial charge in [-0.05, 0) is 35.9 Å². The number of carbonyl (C=O) groups excluding carboxylic acids is 3. The number of hydrogen-bond donors (Lipinski definition) is 0. The van der Waals surface area contributed by atoms with Crippen molar-refractivity contribution in [1.29, 1.82) is 0 Å². The van der Waals surface area contributed by atoms with Crippen LogP contribution in [0.1, 0.15) is 32.9 Å². The summed E-state index contributed by atoms with van der Waals surface area (Å²) >= 11 is 1.35. The summed E-state index contributed by atoms with van der Waals surface area (Å²) in [6, 6.07) is 20.3. The molecule has 6 nitrogen and oxygen atoms in total. The molecule has 4 aromatic rings. The van der Waals surface area contributed by atoms with Crippen molar-refractivity contribution in [2.24, 2.45) is 7.05 Å². The molecule has 1 amide bonds. The van der Waals surface area contributed by atoms with Gasteiger partial charge in [0.25, 0.3) is 5.91 Å². The van der Waals surface area contributed by atoms with Gasteiger partial charge in [0.15, 0.2) is 6.61 Å². The molecule has 5 rings (SSSR count). The molecule has 0 N–H and O–H groups in total. The van der Waals surface area contributed by atoms with Crippen LogP contribution in [-0.4, -0.2) is 46.3 Å². The van der Waals surface area contributed by atoms with Crippen molar-refractivity contribution in [2.45, 2.75) is 18.9 Å². The predicted octanol–water partition coefficient (Wildman–Crippen LogP) is 4.94. The van der Waals surface area contributed by atoms with Crippen molar-refractivity contribution >= 4 is 39.9 Å². The highest BCUT2D eigenvalue weighted by Gasteiger charge is 2.36. The number of Topliss-reactive ketones (excluding diaryl/α,β-unsaturated/α-hetero) is 1. The Morgan fingerprint density at radius 3 is 2.53 bits per heavy atom. The summed E-state index contributed by atoms with van der Waals surface area (Å²) in [7, 11) is 1.93. The molecule has 0 spiro atoms. The lowest BCUT2D eigenvalue weighted by Gasteiger charge is -2.22. The molecule has 2 aromatic heterocycles. The maximum Gasteiger partial charge on any atom is 0.329 e. The van der Waals surface area contributed by atoms with E-state index < -0.39 is 12.0 Å². The van der Waals surface area contributed by atoms with E-state index in [1.165, 1.54) is 11.3 Å². The fourth-order valence-electron chi connectivity index (χ4n) is 4.71.